The Morgan fingerprint density at radius 1 is 1.18 bits per heavy atom. The fourth-order valence-corrected chi connectivity index (χ4v) is 3.73. The van der Waals surface area contributed by atoms with E-state index >= 15 is 0 Å². The number of carbonyl (C=O) groups excluding carboxylic acids is 1. The molecule has 1 aliphatic heterocycles. The molecule has 28 heavy (non-hydrogen) atoms. The van der Waals surface area contributed by atoms with Gasteiger partial charge >= 0.3 is 0 Å². The largest absolute Gasteiger partial charge is 0.379 e. The highest BCUT2D eigenvalue weighted by atomic mass is 16.5. The van der Waals surface area contributed by atoms with Crippen molar-refractivity contribution >= 4 is 16.8 Å². The zero-order chi connectivity index (χ0) is 19.3. The van der Waals surface area contributed by atoms with E-state index in [9.17, 15) is 4.79 Å². The van der Waals surface area contributed by atoms with E-state index in [1.807, 2.05) is 24.3 Å². The van der Waals surface area contributed by atoms with Gasteiger partial charge in [0.25, 0.3) is 0 Å². The highest BCUT2D eigenvalue weighted by Crippen LogP contribution is 2.23. The van der Waals surface area contributed by atoms with Crippen LogP contribution in [0.2, 0.25) is 0 Å². The van der Waals surface area contributed by atoms with Crippen molar-refractivity contribution in [1.29, 1.82) is 0 Å². The van der Waals surface area contributed by atoms with Gasteiger partial charge in [-0.1, -0.05) is 18.2 Å². The van der Waals surface area contributed by atoms with Gasteiger partial charge in [-0.25, -0.2) is 0 Å². The minimum atomic E-state index is -0.369. The number of benzene rings is 1. The summed E-state index contributed by atoms with van der Waals surface area (Å²) in [6, 6.07) is 11.5. The molecule has 3 heterocycles. The Kier molecular flexibility index (Phi) is 5.60. The molecular weight excluding hydrogens is 352 g/mol. The fraction of sp³-hybridized carbons (Fsp3) is 0.318. The van der Waals surface area contributed by atoms with E-state index in [4.69, 9.17) is 4.74 Å². The quantitative estimate of drug-likeness (QED) is 0.741. The number of morpholine rings is 1. The van der Waals surface area contributed by atoms with Gasteiger partial charge < -0.3 is 10.1 Å². The van der Waals surface area contributed by atoms with Crippen molar-refractivity contribution in [2.24, 2.45) is 0 Å². The second-order valence-corrected chi connectivity index (χ2v) is 6.99. The van der Waals surface area contributed by atoms with Crippen molar-refractivity contribution in [3.8, 4) is 0 Å². The number of amides is 1. The normalized spacial score (nSPS) is 16.0. The van der Waals surface area contributed by atoms with Crippen LogP contribution in [0, 0.1) is 6.92 Å². The van der Waals surface area contributed by atoms with Crippen LogP contribution in [0.15, 0.2) is 55.0 Å². The summed E-state index contributed by atoms with van der Waals surface area (Å²) in [5.74, 6) is -0.0183. The third-order valence-electron chi connectivity index (χ3n) is 5.23. The molecule has 1 fully saturated rings. The molecule has 0 radical (unpaired) electrons. The predicted octanol–water partition coefficient (Wildman–Crippen LogP) is 2.63. The number of hydrogen-bond acceptors (Lipinski definition) is 5. The number of hydrogen-bond donors (Lipinski definition) is 1. The summed E-state index contributed by atoms with van der Waals surface area (Å²) >= 11 is 0. The lowest BCUT2D eigenvalue weighted by Gasteiger charge is -2.33. The van der Waals surface area contributed by atoms with Crippen LogP contribution in [0.25, 0.3) is 10.9 Å². The number of aromatic nitrogens is 2. The summed E-state index contributed by atoms with van der Waals surface area (Å²) in [6.07, 6.45) is 5.29. The van der Waals surface area contributed by atoms with Crippen LogP contribution >= 0.6 is 0 Å². The van der Waals surface area contributed by atoms with E-state index in [2.05, 4.69) is 39.2 Å². The summed E-state index contributed by atoms with van der Waals surface area (Å²) in [5, 5.41) is 4.23. The first kappa shape index (κ1) is 18.5. The molecule has 144 valence electrons. The molecule has 1 aromatic carbocycles. The predicted molar refractivity (Wildman–Crippen MR) is 108 cm³/mol. The van der Waals surface area contributed by atoms with E-state index in [1.165, 1.54) is 0 Å². The molecule has 0 aliphatic carbocycles. The maximum atomic E-state index is 13.2. The van der Waals surface area contributed by atoms with Gasteiger partial charge in [0.15, 0.2) is 0 Å². The summed E-state index contributed by atoms with van der Waals surface area (Å²) < 4.78 is 5.46. The Labute approximate surface area is 164 Å². The smallest absolute Gasteiger partial charge is 0.242 e. The number of carbonyl (C=O) groups is 1. The molecule has 6 heteroatoms. The topological polar surface area (TPSA) is 67.4 Å². The second-order valence-electron chi connectivity index (χ2n) is 6.99. The van der Waals surface area contributed by atoms with Gasteiger partial charge in [-0.3, -0.25) is 19.7 Å². The van der Waals surface area contributed by atoms with Crippen molar-refractivity contribution in [2.75, 3.05) is 26.3 Å². The molecule has 1 amide bonds. The molecular formula is C22H24N4O2. The Morgan fingerprint density at radius 3 is 2.79 bits per heavy atom. The van der Waals surface area contributed by atoms with Crippen LogP contribution in [0.3, 0.4) is 0 Å². The Balaban J connectivity index is 1.58. The fourth-order valence-electron chi connectivity index (χ4n) is 3.73. The number of ether oxygens (including phenoxy) is 1. The minimum Gasteiger partial charge on any atom is -0.379 e. The van der Waals surface area contributed by atoms with Gasteiger partial charge in [0.05, 0.1) is 18.7 Å². The van der Waals surface area contributed by atoms with E-state index in [1.54, 1.807) is 18.6 Å². The number of rotatable bonds is 5. The lowest BCUT2D eigenvalue weighted by molar-refractivity contribution is -0.128. The Morgan fingerprint density at radius 2 is 2.00 bits per heavy atom. The average molecular weight is 376 g/mol. The summed E-state index contributed by atoms with van der Waals surface area (Å²) in [4.78, 5) is 24.0. The lowest BCUT2D eigenvalue weighted by Crippen LogP contribution is -2.45. The number of nitrogens with zero attached hydrogens (tertiary/aromatic N) is 3. The van der Waals surface area contributed by atoms with Crippen molar-refractivity contribution in [2.45, 2.75) is 19.5 Å². The van der Waals surface area contributed by atoms with Crippen molar-refractivity contribution in [3.05, 3.63) is 71.7 Å². The van der Waals surface area contributed by atoms with Gasteiger partial charge in [-0.05, 0) is 41.8 Å². The third-order valence-corrected chi connectivity index (χ3v) is 5.23. The zero-order valence-electron chi connectivity index (χ0n) is 16.0. The van der Waals surface area contributed by atoms with Crippen LogP contribution in [0.5, 0.6) is 0 Å². The highest BCUT2D eigenvalue weighted by Gasteiger charge is 2.29. The highest BCUT2D eigenvalue weighted by molar-refractivity contribution is 5.86. The van der Waals surface area contributed by atoms with Gasteiger partial charge in [0.1, 0.15) is 6.04 Å². The Hall–Kier alpha value is -2.83. The van der Waals surface area contributed by atoms with Crippen LogP contribution in [0.4, 0.5) is 0 Å². The minimum absolute atomic E-state index is 0.0183. The molecule has 1 atom stereocenters. The van der Waals surface area contributed by atoms with Crippen molar-refractivity contribution in [1.82, 2.24) is 20.2 Å². The molecule has 0 bridgehead atoms. The van der Waals surface area contributed by atoms with E-state index < -0.39 is 0 Å². The SMILES string of the molecule is Cc1ccc2ncccc2c1CNC(=O)[C@H](c1cccnc1)N1CCOCC1. The monoisotopic (exact) mass is 376 g/mol. The van der Waals surface area contributed by atoms with Gasteiger partial charge in [-0.2, -0.15) is 0 Å². The number of aryl methyl sites for hydroxylation is 1. The van der Waals surface area contributed by atoms with Crippen LogP contribution in [-0.4, -0.2) is 47.1 Å². The molecule has 0 spiro atoms. The van der Waals surface area contributed by atoms with Crippen LogP contribution in [0.1, 0.15) is 22.7 Å². The first-order valence-corrected chi connectivity index (χ1v) is 9.56. The molecule has 0 saturated carbocycles. The van der Waals surface area contributed by atoms with Crippen molar-refractivity contribution in [3.63, 3.8) is 0 Å². The summed E-state index contributed by atoms with van der Waals surface area (Å²) in [6.45, 7) is 5.26. The average Bonchev–Trinajstić information content (AvgIpc) is 2.75. The first-order valence-electron chi connectivity index (χ1n) is 9.56. The van der Waals surface area contributed by atoms with Gasteiger partial charge in [0.2, 0.25) is 5.91 Å². The molecule has 1 N–H and O–H groups in total. The van der Waals surface area contributed by atoms with E-state index in [0.29, 0.717) is 19.8 Å². The number of nitrogens with one attached hydrogen (secondary N) is 1. The van der Waals surface area contributed by atoms with Gasteiger partial charge in [-0.15, -0.1) is 0 Å². The number of fused-ring (bicyclic) bond motifs is 1. The molecule has 3 aromatic rings. The zero-order valence-corrected chi connectivity index (χ0v) is 16.0. The molecule has 1 saturated heterocycles. The second kappa shape index (κ2) is 8.46. The van der Waals surface area contributed by atoms with E-state index in [0.717, 1.165) is 40.7 Å². The van der Waals surface area contributed by atoms with Crippen molar-refractivity contribution < 1.29 is 9.53 Å². The van der Waals surface area contributed by atoms with E-state index in [-0.39, 0.29) is 11.9 Å². The van der Waals surface area contributed by atoms with Crippen LogP contribution < -0.4 is 5.32 Å². The standard InChI is InChI=1S/C22H24N4O2/c1-16-6-7-20-18(5-3-9-24-20)19(16)15-25-22(27)21(17-4-2-8-23-14-17)26-10-12-28-13-11-26/h2-9,14,21H,10-13,15H2,1H3,(H,25,27)/t21-/m0/s1. The Bertz CT molecular complexity index is 955. The molecule has 4 rings (SSSR count). The molecule has 2 aromatic heterocycles. The molecule has 1 aliphatic rings. The maximum Gasteiger partial charge on any atom is 0.242 e. The summed E-state index contributed by atoms with van der Waals surface area (Å²) in [5.41, 5.74) is 4.09. The lowest BCUT2D eigenvalue weighted by atomic mass is 10.0. The van der Waals surface area contributed by atoms with Gasteiger partial charge in [0, 0.05) is 43.6 Å². The third kappa shape index (κ3) is 3.88. The number of pyridine rings is 2. The first-order chi connectivity index (χ1) is 13.7. The maximum absolute atomic E-state index is 13.2. The molecule has 0 unspecified atom stereocenters. The summed E-state index contributed by atoms with van der Waals surface area (Å²) in [7, 11) is 0. The van der Waals surface area contributed by atoms with Crippen LogP contribution in [-0.2, 0) is 16.1 Å². The molecule has 6 nitrogen and oxygen atoms in total.